The SMILES string of the molecule is CCOC(=O)c1ccc2c(c1)c1ncnc(OCC)c1n2-c1ccc2oc(OCC)nc2c1. The number of hydrogen-bond acceptors (Lipinski definition) is 8. The van der Waals surface area contributed by atoms with Crippen LogP contribution in [0.4, 0.5) is 0 Å². The number of rotatable bonds is 7. The molecule has 0 spiro atoms. The van der Waals surface area contributed by atoms with Gasteiger partial charge in [-0.05, 0) is 57.2 Å². The molecule has 0 bridgehead atoms. The summed E-state index contributed by atoms with van der Waals surface area (Å²) < 4.78 is 24.1. The van der Waals surface area contributed by atoms with Crippen molar-refractivity contribution in [3.63, 3.8) is 0 Å². The third-order valence-corrected chi connectivity index (χ3v) is 5.17. The Morgan fingerprint density at radius 3 is 2.64 bits per heavy atom. The zero-order chi connectivity index (χ0) is 22.9. The van der Waals surface area contributed by atoms with Gasteiger partial charge < -0.3 is 23.2 Å². The fourth-order valence-corrected chi connectivity index (χ4v) is 3.87. The first-order valence-corrected chi connectivity index (χ1v) is 10.8. The first-order valence-electron chi connectivity index (χ1n) is 10.8. The summed E-state index contributed by atoms with van der Waals surface area (Å²) in [7, 11) is 0. The number of hydrogen-bond donors (Lipinski definition) is 0. The van der Waals surface area contributed by atoms with Crippen LogP contribution >= 0.6 is 0 Å². The highest BCUT2D eigenvalue weighted by atomic mass is 16.6. The predicted molar refractivity (Wildman–Crippen MR) is 122 cm³/mol. The summed E-state index contributed by atoms with van der Waals surface area (Å²) in [6.45, 7) is 6.76. The van der Waals surface area contributed by atoms with Crippen molar-refractivity contribution in [2.45, 2.75) is 20.8 Å². The van der Waals surface area contributed by atoms with E-state index in [4.69, 9.17) is 18.6 Å². The van der Waals surface area contributed by atoms with Crippen LogP contribution in [0.3, 0.4) is 0 Å². The smallest absolute Gasteiger partial charge is 0.394 e. The Morgan fingerprint density at radius 1 is 1.00 bits per heavy atom. The molecule has 0 atom stereocenters. The van der Waals surface area contributed by atoms with Gasteiger partial charge in [0, 0.05) is 11.1 Å². The molecule has 168 valence electrons. The molecule has 3 heterocycles. The summed E-state index contributed by atoms with van der Waals surface area (Å²) in [5.74, 6) is 0.0681. The van der Waals surface area contributed by atoms with Gasteiger partial charge in [0.1, 0.15) is 22.9 Å². The molecule has 0 saturated carbocycles. The van der Waals surface area contributed by atoms with Crippen molar-refractivity contribution in [3.05, 3.63) is 48.3 Å². The Hall–Kier alpha value is -4.14. The van der Waals surface area contributed by atoms with Gasteiger partial charge in [0.25, 0.3) is 0 Å². The predicted octanol–water partition coefficient (Wildman–Crippen LogP) is 4.69. The maximum Gasteiger partial charge on any atom is 0.394 e. The van der Waals surface area contributed by atoms with Crippen molar-refractivity contribution in [1.82, 2.24) is 19.5 Å². The van der Waals surface area contributed by atoms with Crippen molar-refractivity contribution < 1.29 is 23.4 Å². The molecule has 0 unspecified atom stereocenters. The average Bonchev–Trinajstić information content (AvgIpc) is 3.37. The minimum Gasteiger partial charge on any atom is -0.476 e. The van der Waals surface area contributed by atoms with Gasteiger partial charge in [0.05, 0.1) is 30.9 Å². The molecule has 0 aliphatic carbocycles. The molecular formula is C24H22N4O5. The van der Waals surface area contributed by atoms with Crippen LogP contribution in [0.1, 0.15) is 31.1 Å². The lowest BCUT2D eigenvalue weighted by atomic mass is 10.1. The van der Waals surface area contributed by atoms with Crippen molar-refractivity contribution in [2.24, 2.45) is 0 Å². The maximum absolute atomic E-state index is 12.4. The standard InChI is InChI=1S/C24H22N4O5/c1-4-30-22-21-20(25-13-26-22)16-11-14(23(29)31-5-2)7-9-18(16)28(21)15-8-10-19-17(12-15)27-24(33-19)32-6-3/h7-13H,4-6H2,1-3H3. The summed E-state index contributed by atoms with van der Waals surface area (Å²) >= 11 is 0. The fraction of sp³-hybridized carbons (Fsp3) is 0.250. The molecule has 33 heavy (non-hydrogen) atoms. The Kier molecular flexibility index (Phi) is 5.29. The zero-order valence-corrected chi connectivity index (χ0v) is 18.5. The minimum atomic E-state index is -0.383. The molecule has 0 saturated heterocycles. The molecule has 0 N–H and O–H groups in total. The third kappa shape index (κ3) is 3.51. The van der Waals surface area contributed by atoms with E-state index in [9.17, 15) is 4.79 Å². The molecule has 0 aliphatic rings. The van der Waals surface area contributed by atoms with E-state index in [1.165, 1.54) is 6.33 Å². The topological polar surface area (TPSA) is 102 Å². The number of fused-ring (bicyclic) bond motifs is 4. The molecule has 0 amide bonds. The molecule has 9 nitrogen and oxygen atoms in total. The van der Waals surface area contributed by atoms with E-state index in [-0.39, 0.29) is 12.0 Å². The average molecular weight is 446 g/mol. The van der Waals surface area contributed by atoms with Crippen molar-refractivity contribution in [2.75, 3.05) is 19.8 Å². The van der Waals surface area contributed by atoms with Crippen LogP contribution < -0.4 is 9.47 Å². The van der Waals surface area contributed by atoms with E-state index in [1.807, 2.05) is 42.7 Å². The van der Waals surface area contributed by atoms with E-state index in [1.54, 1.807) is 19.1 Å². The maximum atomic E-state index is 12.4. The summed E-state index contributed by atoms with van der Waals surface area (Å²) in [5, 5.41) is 0.786. The Morgan fingerprint density at radius 2 is 1.85 bits per heavy atom. The largest absolute Gasteiger partial charge is 0.476 e. The number of carbonyl (C=O) groups is 1. The summed E-state index contributed by atoms with van der Waals surface area (Å²) in [6, 6.07) is 11.1. The van der Waals surface area contributed by atoms with Gasteiger partial charge in [-0.2, -0.15) is 9.97 Å². The first-order chi connectivity index (χ1) is 16.1. The number of nitrogens with zero attached hydrogens (tertiary/aromatic N) is 4. The van der Waals surface area contributed by atoms with Gasteiger partial charge in [-0.1, -0.05) is 0 Å². The number of aromatic nitrogens is 4. The van der Waals surface area contributed by atoms with Gasteiger partial charge in [0.2, 0.25) is 5.88 Å². The lowest BCUT2D eigenvalue weighted by Crippen LogP contribution is -2.04. The zero-order valence-electron chi connectivity index (χ0n) is 18.5. The van der Waals surface area contributed by atoms with Crippen LogP contribution in [0.2, 0.25) is 0 Å². The molecular weight excluding hydrogens is 424 g/mol. The summed E-state index contributed by atoms with van der Waals surface area (Å²) in [4.78, 5) is 25.7. The van der Waals surface area contributed by atoms with Crippen molar-refractivity contribution >= 4 is 39.0 Å². The van der Waals surface area contributed by atoms with Crippen molar-refractivity contribution in [1.29, 1.82) is 0 Å². The van der Waals surface area contributed by atoms with Crippen LogP contribution in [0.25, 0.3) is 38.7 Å². The van der Waals surface area contributed by atoms with Gasteiger partial charge in [-0.25, -0.2) is 9.78 Å². The van der Waals surface area contributed by atoms with Gasteiger partial charge in [-0.15, -0.1) is 0 Å². The molecule has 0 fully saturated rings. The van der Waals surface area contributed by atoms with E-state index < -0.39 is 0 Å². The highest BCUT2D eigenvalue weighted by molar-refractivity contribution is 6.10. The molecule has 9 heteroatoms. The number of esters is 1. The van der Waals surface area contributed by atoms with Gasteiger partial charge in [-0.3, -0.25) is 0 Å². The van der Waals surface area contributed by atoms with E-state index in [0.717, 1.165) is 16.6 Å². The number of carbonyl (C=O) groups excluding carboxylic acids is 1. The van der Waals surface area contributed by atoms with Gasteiger partial charge >= 0.3 is 12.0 Å². The Labute approximate surface area is 188 Å². The van der Waals surface area contributed by atoms with Crippen LogP contribution in [-0.2, 0) is 4.74 Å². The quantitative estimate of drug-likeness (QED) is 0.332. The number of benzene rings is 2. The monoisotopic (exact) mass is 446 g/mol. The molecule has 0 radical (unpaired) electrons. The lowest BCUT2D eigenvalue weighted by Gasteiger charge is -2.10. The number of ether oxygens (including phenoxy) is 3. The van der Waals surface area contributed by atoms with Gasteiger partial charge in [0.15, 0.2) is 5.58 Å². The Balaban J connectivity index is 1.79. The second-order valence-corrected chi connectivity index (χ2v) is 7.16. The van der Waals surface area contributed by atoms with E-state index in [2.05, 4.69) is 15.0 Å². The van der Waals surface area contributed by atoms with Crippen LogP contribution in [-0.4, -0.2) is 45.3 Å². The fourth-order valence-electron chi connectivity index (χ4n) is 3.87. The highest BCUT2D eigenvalue weighted by Crippen LogP contribution is 2.36. The van der Waals surface area contributed by atoms with E-state index in [0.29, 0.717) is 53.4 Å². The molecule has 3 aromatic heterocycles. The second kappa shape index (κ2) is 8.42. The van der Waals surface area contributed by atoms with Crippen LogP contribution in [0, 0.1) is 0 Å². The highest BCUT2D eigenvalue weighted by Gasteiger charge is 2.21. The third-order valence-electron chi connectivity index (χ3n) is 5.17. The van der Waals surface area contributed by atoms with Crippen LogP contribution in [0.5, 0.6) is 12.0 Å². The van der Waals surface area contributed by atoms with E-state index >= 15 is 0 Å². The normalized spacial score (nSPS) is 11.4. The van der Waals surface area contributed by atoms with Crippen LogP contribution in [0.15, 0.2) is 47.1 Å². The summed E-state index contributed by atoms with van der Waals surface area (Å²) in [6.07, 6.45) is 1.69. The number of oxazole rings is 1. The second-order valence-electron chi connectivity index (χ2n) is 7.16. The molecule has 5 rings (SSSR count). The molecule has 2 aromatic carbocycles. The summed E-state index contributed by atoms with van der Waals surface area (Å²) in [5.41, 5.74) is 4.75. The first kappa shape index (κ1) is 20.7. The van der Waals surface area contributed by atoms with Crippen molar-refractivity contribution in [3.8, 4) is 17.6 Å². The minimum absolute atomic E-state index is 0.226. The lowest BCUT2D eigenvalue weighted by molar-refractivity contribution is 0.0526. The molecule has 5 aromatic rings. The molecule has 0 aliphatic heterocycles. The Bertz CT molecular complexity index is 1490.